The minimum Gasteiger partial charge on any atom is -0.465 e. The highest BCUT2D eigenvalue weighted by Crippen LogP contribution is 2.25. The Hall–Kier alpha value is -0.480. The van der Waals surface area contributed by atoms with Gasteiger partial charge in [0.2, 0.25) is 0 Å². The van der Waals surface area contributed by atoms with Gasteiger partial charge in [-0.2, -0.15) is 11.3 Å². The van der Waals surface area contributed by atoms with Crippen molar-refractivity contribution in [1.82, 2.24) is 0 Å². The first kappa shape index (κ1) is 10.6. The van der Waals surface area contributed by atoms with Crippen molar-refractivity contribution in [1.29, 1.82) is 0 Å². The lowest BCUT2D eigenvalue weighted by Crippen LogP contribution is -2.16. The number of rotatable bonds is 4. The maximum atomic E-state index is 11.2. The van der Waals surface area contributed by atoms with Crippen molar-refractivity contribution >= 4 is 29.1 Å². The van der Waals surface area contributed by atoms with Crippen LogP contribution >= 0.6 is 23.1 Å². The second-order valence-corrected chi connectivity index (χ2v) is 4.67. The first-order chi connectivity index (χ1) is 6.24. The Morgan fingerprint density at radius 1 is 1.77 bits per heavy atom. The summed E-state index contributed by atoms with van der Waals surface area (Å²) in [7, 11) is 0. The van der Waals surface area contributed by atoms with Crippen molar-refractivity contribution in [2.24, 2.45) is 0 Å². The van der Waals surface area contributed by atoms with E-state index in [0.717, 1.165) is 4.90 Å². The topological polar surface area (TPSA) is 26.3 Å². The second-order valence-electron chi connectivity index (χ2n) is 2.47. The SMILES string of the molecule is CCOC(=O)[C@H](C)Sc1ccsc1. The van der Waals surface area contributed by atoms with Crippen LogP contribution < -0.4 is 0 Å². The summed E-state index contributed by atoms with van der Waals surface area (Å²) in [6.45, 7) is 4.13. The van der Waals surface area contributed by atoms with Crippen molar-refractivity contribution in [2.45, 2.75) is 24.0 Å². The monoisotopic (exact) mass is 216 g/mol. The van der Waals surface area contributed by atoms with Crippen molar-refractivity contribution in [3.05, 3.63) is 16.8 Å². The zero-order valence-corrected chi connectivity index (χ0v) is 9.28. The molecule has 0 bridgehead atoms. The Labute approximate surface area is 86.3 Å². The quantitative estimate of drug-likeness (QED) is 0.572. The van der Waals surface area contributed by atoms with Gasteiger partial charge in [-0.1, -0.05) is 0 Å². The zero-order chi connectivity index (χ0) is 9.68. The van der Waals surface area contributed by atoms with Gasteiger partial charge in [0.1, 0.15) is 5.25 Å². The standard InChI is InChI=1S/C9H12O2S2/c1-3-11-9(10)7(2)13-8-4-5-12-6-8/h4-7H,3H2,1-2H3/t7-/m0/s1. The molecule has 1 aromatic heterocycles. The lowest BCUT2D eigenvalue weighted by molar-refractivity contribution is -0.142. The number of esters is 1. The van der Waals surface area contributed by atoms with Gasteiger partial charge in [-0.05, 0) is 25.3 Å². The van der Waals surface area contributed by atoms with Crippen LogP contribution in [0.25, 0.3) is 0 Å². The van der Waals surface area contributed by atoms with Crippen LogP contribution in [0.4, 0.5) is 0 Å². The maximum absolute atomic E-state index is 11.2. The number of carbonyl (C=O) groups is 1. The molecule has 1 heterocycles. The Balaban J connectivity index is 2.41. The lowest BCUT2D eigenvalue weighted by Gasteiger charge is -2.08. The smallest absolute Gasteiger partial charge is 0.319 e. The van der Waals surface area contributed by atoms with Crippen LogP contribution in [0.3, 0.4) is 0 Å². The highest BCUT2D eigenvalue weighted by atomic mass is 32.2. The summed E-state index contributed by atoms with van der Waals surface area (Å²) >= 11 is 3.17. The molecule has 0 aliphatic carbocycles. The van der Waals surface area contributed by atoms with Crippen LogP contribution in [-0.4, -0.2) is 17.8 Å². The third-order valence-corrected chi connectivity index (χ3v) is 3.33. The average Bonchev–Trinajstić information content (AvgIpc) is 2.57. The molecule has 0 radical (unpaired) electrons. The maximum Gasteiger partial charge on any atom is 0.319 e. The molecule has 1 rings (SSSR count). The molecule has 0 fully saturated rings. The molecule has 0 aromatic carbocycles. The molecule has 72 valence electrons. The third kappa shape index (κ3) is 3.40. The van der Waals surface area contributed by atoms with E-state index in [1.807, 2.05) is 30.7 Å². The zero-order valence-electron chi connectivity index (χ0n) is 7.65. The summed E-state index contributed by atoms with van der Waals surface area (Å²) in [6.07, 6.45) is 0. The van der Waals surface area contributed by atoms with Crippen LogP contribution in [0.1, 0.15) is 13.8 Å². The number of hydrogen-bond donors (Lipinski definition) is 0. The molecule has 0 aliphatic heterocycles. The van der Waals surface area contributed by atoms with E-state index < -0.39 is 0 Å². The van der Waals surface area contributed by atoms with E-state index in [0.29, 0.717) is 6.61 Å². The molecule has 0 unspecified atom stereocenters. The largest absolute Gasteiger partial charge is 0.465 e. The third-order valence-electron chi connectivity index (χ3n) is 1.43. The van der Waals surface area contributed by atoms with Gasteiger partial charge in [0.15, 0.2) is 0 Å². The van der Waals surface area contributed by atoms with E-state index in [9.17, 15) is 4.79 Å². The van der Waals surface area contributed by atoms with Gasteiger partial charge in [-0.25, -0.2) is 0 Å². The van der Waals surface area contributed by atoms with Crippen LogP contribution in [-0.2, 0) is 9.53 Å². The first-order valence-corrected chi connectivity index (χ1v) is 5.91. The molecule has 0 amide bonds. The van der Waals surface area contributed by atoms with Crippen LogP contribution in [0.2, 0.25) is 0 Å². The number of ether oxygens (including phenoxy) is 1. The normalized spacial score (nSPS) is 12.5. The Morgan fingerprint density at radius 3 is 3.08 bits per heavy atom. The summed E-state index contributed by atoms with van der Waals surface area (Å²) < 4.78 is 4.90. The van der Waals surface area contributed by atoms with Crippen LogP contribution in [0.5, 0.6) is 0 Å². The molecular formula is C9H12O2S2. The molecule has 4 heteroatoms. The summed E-state index contributed by atoms with van der Waals surface area (Å²) in [6, 6.07) is 2.01. The molecular weight excluding hydrogens is 204 g/mol. The molecule has 0 N–H and O–H groups in total. The fraction of sp³-hybridized carbons (Fsp3) is 0.444. The van der Waals surface area contributed by atoms with E-state index in [2.05, 4.69) is 0 Å². The van der Waals surface area contributed by atoms with E-state index in [1.54, 1.807) is 11.3 Å². The Kier molecular flexibility index (Phi) is 4.32. The number of carbonyl (C=O) groups excluding carboxylic acids is 1. The minimum absolute atomic E-state index is 0.116. The molecule has 0 saturated carbocycles. The van der Waals surface area contributed by atoms with Gasteiger partial charge >= 0.3 is 5.97 Å². The lowest BCUT2D eigenvalue weighted by atomic mass is 10.5. The van der Waals surface area contributed by atoms with Gasteiger partial charge in [-0.15, -0.1) is 11.8 Å². The van der Waals surface area contributed by atoms with E-state index >= 15 is 0 Å². The number of thioether (sulfide) groups is 1. The fourth-order valence-electron chi connectivity index (χ4n) is 0.831. The van der Waals surface area contributed by atoms with Gasteiger partial charge in [-0.3, -0.25) is 4.79 Å². The highest BCUT2D eigenvalue weighted by molar-refractivity contribution is 8.00. The highest BCUT2D eigenvalue weighted by Gasteiger charge is 2.14. The molecule has 0 aliphatic rings. The Bertz CT molecular complexity index is 257. The van der Waals surface area contributed by atoms with Gasteiger partial charge < -0.3 is 4.74 Å². The molecule has 13 heavy (non-hydrogen) atoms. The van der Waals surface area contributed by atoms with E-state index in [4.69, 9.17) is 4.74 Å². The summed E-state index contributed by atoms with van der Waals surface area (Å²) in [5.41, 5.74) is 0. The fourth-order valence-corrected chi connectivity index (χ4v) is 2.54. The molecule has 0 saturated heterocycles. The predicted octanol–water partition coefficient (Wildman–Crippen LogP) is 2.79. The van der Waals surface area contributed by atoms with E-state index in [1.165, 1.54) is 11.8 Å². The van der Waals surface area contributed by atoms with Crippen LogP contribution in [0.15, 0.2) is 21.7 Å². The van der Waals surface area contributed by atoms with Gasteiger partial charge in [0.05, 0.1) is 6.61 Å². The second kappa shape index (κ2) is 5.29. The van der Waals surface area contributed by atoms with E-state index in [-0.39, 0.29) is 11.2 Å². The molecule has 1 atom stereocenters. The summed E-state index contributed by atoms with van der Waals surface area (Å²) in [5.74, 6) is -0.140. The average molecular weight is 216 g/mol. The van der Waals surface area contributed by atoms with Crippen molar-refractivity contribution < 1.29 is 9.53 Å². The molecule has 0 spiro atoms. The first-order valence-electron chi connectivity index (χ1n) is 4.09. The summed E-state index contributed by atoms with van der Waals surface area (Å²) in [5, 5.41) is 3.91. The summed E-state index contributed by atoms with van der Waals surface area (Å²) in [4.78, 5) is 12.4. The Morgan fingerprint density at radius 2 is 2.54 bits per heavy atom. The van der Waals surface area contributed by atoms with Gasteiger partial charge in [0, 0.05) is 10.3 Å². The van der Waals surface area contributed by atoms with Crippen molar-refractivity contribution in [2.75, 3.05) is 6.61 Å². The predicted molar refractivity (Wildman–Crippen MR) is 56.3 cm³/mol. The minimum atomic E-state index is -0.140. The van der Waals surface area contributed by atoms with Crippen molar-refractivity contribution in [3.8, 4) is 0 Å². The number of thiophene rings is 1. The molecule has 2 nitrogen and oxygen atoms in total. The van der Waals surface area contributed by atoms with Crippen molar-refractivity contribution in [3.63, 3.8) is 0 Å². The van der Waals surface area contributed by atoms with Crippen LogP contribution in [0, 0.1) is 0 Å². The molecule has 1 aromatic rings. The van der Waals surface area contributed by atoms with Gasteiger partial charge in [0.25, 0.3) is 0 Å². The number of hydrogen-bond acceptors (Lipinski definition) is 4.